The van der Waals surface area contributed by atoms with E-state index in [0.29, 0.717) is 19.5 Å². The first-order valence-corrected chi connectivity index (χ1v) is 10.3. The molecule has 152 valence electrons. The largest absolute Gasteiger partial charge is 0.372 e. The predicted molar refractivity (Wildman–Crippen MR) is 115 cm³/mol. The number of rotatable bonds is 7. The van der Waals surface area contributed by atoms with Gasteiger partial charge < -0.3 is 15.5 Å². The highest BCUT2D eigenvalue weighted by Gasteiger charge is 2.11. The van der Waals surface area contributed by atoms with Crippen LogP contribution in [0.1, 0.15) is 36.9 Å². The molecule has 0 spiro atoms. The van der Waals surface area contributed by atoms with Gasteiger partial charge in [0, 0.05) is 50.7 Å². The number of nitrogens with one attached hydrogen (secondary N) is 2. The van der Waals surface area contributed by atoms with Crippen molar-refractivity contribution in [3.05, 3.63) is 54.1 Å². The molecule has 4 rings (SSSR count). The van der Waals surface area contributed by atoms with Crippen LogP contribution in [0.2, 0.25) is 0 Å². The summed E-state index contributed by atoms with van der Waals surface area (Å²) in [5.41, 5.74) is 4.09. The number of aryl methyl sites for hydroxylation is 1. The number of carbonyl (C=O) groups excluding carboxylic acids is 1. The van der Waals surface area contributed by atoms with Crippen molar-refractivity contribution in [2.24, 2.45) is 0 Å². The van der Waals surface area contributed by atoms with Crippen molar-refractivity contribution in [3.8, 4) is 0 Å². The van der Waals surface area contributed by atoms with Crippen molar-refractivity contribution in [1.29, 1.82) is 0 Å². The summed E-state index contributed by atoms with van der Waals surface area (Å²) < 4.78 is 1.95. The molecule has 7 heteroatoms. The molecule has 0 bridgehead atoms. The second kappa shape index (κ2) is 8.94. The molecule has 0 radical (unpaired) electrons. The number of piperidine rings is 1. The number of benzene rings is 1. The average molecular weight is 393 g/mol. The molecular weight excluding hydrogens is 364 g/mol. The van der Waals surface area contributed by atoms with Crippen molar-refractivity contribution in [3.63, 3.8) is 0 Å². The number of imidazole rings is 1. The lowest BCUT2D eigenvalue weighted by atomic mass is 10.1. The van der Waals surface area contributed by atoms with Crippen LogP contribution < -0.4 is 15.5 Å². The van der Waals surface area contributed by atoms with Crippen molar-refractivity contribution >= 4 is 23.1 Å². The minimum atomic E-state index is 0.0331. The Labute approximate surface area is 171 Å². The van der Waals surface area contributed by atoms with Crippen LogP contribution in [0.3, 0.4) is 0 Å². The maximum absolute atomic E-state index is 12.2. The maximum Gasteiger partial charge on any atom is 0.222 e. The zero-order chi connectivity index (χ0) is 20.1. The van der Waals surface area contributed by atoms with E-state index < -0.39 is 0 Å². The molecule has 3 aromatic rings. The Bertz CT molecular complexity index is 959. The molecule has 0 unspecified atom stereocenters. The summed E-state index contributed by atoms with van der Waals surface area (Å²) >= 11 is 0. The summed E-state index contributed by atoms with van der Waals surface area (Å²) in [5, 5.41) is 6.32. The predicted octanol–water partition coefficient (Wildman–Crippen LogP) is 3.15. The molecule has 3 heterocycles. The van der Waals surface area contributed by atoms with E-state index in [1.807, 2.05) is 17.5 Å². The fourth-order valence-corrected chi connectivity index (χ4v) is 3.80. The van der Waals surface area contributed by atoms with Gasteiger partial charge in [0.15, 0.2) is 5.65 Å². The zero-order valence-electron chi connectivity index (χ0n) is 16.9. The number of nitrogens with zero attached hydrogens (tertiary/aromatic N) is 4. The highest BCUT2D eigenvalue weighted by molar-refractivity contribution is 5.76. The number of aromatic nitrogens is 3. The number of hydrogen-bond acceptors (Lipinski definition) is 5. The molecular formula is C22H28N6O. The first-order chi connectivity index (χ1) is 14.2. The van der Waals surface area contributed by atoms with Crippen LogP contribution >= 0.6 is 0 Å². The number of carbonyl (C=O) groups is 1. The van der Waals surface area contributed by atoms with Crippen LogP contribution in [-0.2, 0) is 11.3 Å². The van der Waals surface area contributed by atoms with Gasteiger partial charge in [-0.15, -0.1) is 0 Å². The van der Waals surface area contributed by atoms with E-state index in [2.05, 4.69) is 49.8 Å². The lowest BCUT2D eigenvalue weighted by Gasteiger charge is -2.28. The molecule has 2 N–H and O–H groups in total. The Balaban J connectivity index is 1.23. The molecule has 1 fully saturated rings. The third-order valence-corrected chi connectivity index (χ3v) is 5.40. The van der Waals surface area contributed by atoms with Gasteiger partial charge in [-0.05, 0) is 43.9 Å². The van der Waals surface area contributed by atoms with E-state index in [0.717, 1.165) is 35.8 Å². The first kappa shape index (κ1) is 19.2. The minimum Gasteiger partial charge on any atom is -0.372 e. The van der Waals surface area contributed by atoms with Crippen molar-refractivity contribution in [1.82, 2.24) is 19.7 Å². The van der Waals surface area contributed by atoms with Gasteiger partial charge in [-0.3, -0.25) is 14.2 Å². The fourth-order valence-electron chi connectivity index (χ4n) is 3.80. The third kappa shape index (κ3) is 4.67. The van der Waals surface area contributed by atoms with Crippen molar-refractivity contribution in [2.45, 2.75) is 39.2 Å². The molecule has 1 amide bonds. The van der Waals surface area contributed by atoms with Gasteiger partial charge in [0.1, 0.15) is 5.82 Å². The zero-order valence-corrected chi connectivity index (χ0v) is 16.9. The number of anilines is 2. The Morgan fingerprint density at radius 2 is 1.93 bits per heavy atom. The van der Waals surface area contributed by atoms with E-state index in [1.54, 1.807) is 12.4 Å². The summed E-state index contributed by atoms with van der Waals surface area (Å²) in [6, 6.07) is 8.55. The van der Waals surface area contributed by atoms with Crippen LogP contribution in [-0.4, -0.2) is 39.9 Å². The highest BCUT2D eigenvalue weighted by atomic mass is 16.1. The molecule has 1 aliphatic heterocycles. The maximum atomic E-state index is 12.2. The molecule has 0 atom stereocenters. The Hall–Kier alpha value is -3.09. The summed E-state index contributed by atoms with van der Waals surface area (Å²) in [4.78, 5) is 23.2. The second-order valence-corrected chi connectivity index (χ2v) is 7.52. The van der Waals surface area contributed by atoms with Gasteiger partial charge in [0.2, 0.25) is 5.91 Å². The molecule has 0 saturated carbocycles. The summed E-state index contributed by atoms with van der Waals surface area (Å²) in [5.74, 6) is 0.939. The Morgan fingerprint density at radius 3 is 2.72 bits per heavy atom. The quantitative estimate of drug-likeness (QED) is 0.646. The van der Waals surface area contributed by atoms with Crippen molar-refractivity contribution < 1.29 is 4.79 Å². The third-order valence-electron chi connectivity index (χ3n) is 5.40. The van der Waals surface area contributed by atoms with Gasteiger partial charge in [-0.2, -0.15) is 0 Å². The molecule has 7 nitrogen and oxygen atoms in total. The lowest BCUT2D eigenvalue weighted by Crippen LogP contribution is -2.29. The molecule has 0 aliphatic carbocycles. The van der Waals surface area contributed by atoms with E-state index in [1.165, 1.54) is 24.9 Å². The number of hydrogen-bond donors (Lipinski definition) is 2. The van der Waals surface area contributed by atoms with E-state index >= 15 is 0 Å². The van der Waals surface area contributed by atoms with E-state index in [9.17, 15) is 4.79 Å². The molecule has 1 aromatic carbocycles. The van der Waals surface area contributed by atoms with Crippen LogP contribution in [0, 0.1) is 6.92 Å². The average Bonchev–Trinajstić information content (AvgIpc) is 3.08. The Kier molecular flexibility index (Phi) is 5.93. The van der Waals surface area contributed by atoms with Gasteiger partial charge in [0.05, 0.1) is 11.9 Å². The van der Waals surface area contributed by atoms with E-state index in [-0.39, 0.29) is 5.91 Å². The van der Waals surface area contributed by atoms with Gasteiger partial charge >= 0.3 is 0 Å². The first-order valence-electron chi connectivity index (χ1n) is 10.3. The van der Waals surface area contributed by atoms with Crippen LogP contribution in [0.4, 0.5) is 11.5 Å². The fraction of sp³-hybridized carbons (Fsp3) is 0.409. The minimum absolute atomic E-state index is 0.0331. The second-order valence-electron chi connectivity index (χ2n) is 7.52. The highest BCUT2D eigenvalue weighted by Crippen LogP contribution is 2.20. The molecule has 2 aromatic heterocycles. The molecule has 1 saturated heterocycles. The molecule has 29 heavy (non-hydrogen) atoms. The SMILES string of the molecule is Cc1nc2cnccn2c1NCCC(=O)NCc1ccc(N2CCCCC2)cc1. The topological polar surface area (TPSA) is 74.6 Å². The lowest BCUT2D eigenvalue weighted by molar-refractivity contribution is -0.121. The van der Waals surface area contributed by atoms with Gasteiger partial charge in [0.25, 0.3) is 0 Å². The van der Waals surface area contributed by atoms with Crippen molar-refractivity contribution in [2.75, 3.05) is 29.9 Å². The number of fused-ring (bicyclic) bond motifs is 1. The standard InChI is InChI=1S/C22H28N6O/c1-17-22(28-14-11-23-16-20(28)26-17)24-10-9-21(29)25-15-18-5-7-19(8-6-18)27-12-3-2-4-13-27/h5-8,11,14,16,24H,2-4,9-10,12-13,15H2,1H3,(H,25,29). The normalized spacial score (nSPS) is 14.2. The van der Waals surface area contributed by atoms with Gasteiger partial charge in [-0.25, -0.2) is 4.98 Å². The van der Waals surface area contributed by atoms with Crippen LogP contribution in [0.15, 0.2) is 42.9 Å². The number of amides is 1. The summed E-state index contributed by atoms with van der Waals surface area (Å²) in [7, 11) is 0. The Morgan fingerprint density at radius 1 is 1.14 bits per heavy atom. The summed E-state index contributed by atoms with van der Waals surface area (Å²) in [6.45, 7) is 5.34. The smallest absolute Gasteiger partial charge is 0.222 e. The summed E-state index contributed by atoms with van der Waals surface area (Å²) in [6.07, 6.45) is 9.61. The van der Waals surface area contributed by atoms with Crippen LogP contribution in [0.25, 0.3) is 5.65 Å². The van der Waals surface area contributed by atoms with E-state index in [4.69, 9.17) is 0 Å². The van der Waals surface area contributed by atoms with Crippen LogP contribution in [0.5, 0.6) is 0 Å². The monoisotopic (exact) mass is 392 g/mol. The van der Waals surface area contributed by atoms with Gasteiger partial charge in [-0.1, -0.05) is 12.1 Å². The molecule has 1 aliphatic rings.